The fourth-order valence-electron chi connectivity index (χ4n) is 8.72. The third kappa shape index (κ3) is 5.64. The van der Waals surface area contributed by atoms with Crippen molar-refractivity contribution in [2.24, 2.45) is 0 Å². The van der Waals surface area contributed by atoms with Crippen LogP contribution < -0.4 is 28.4 Å². The van der Waals surface area contributed by atoms with Crippen LogP contribution in [0.4, 0.5) is 0 Å². The molecular formula is C45H54O9. The molecule has 0 N–H and O–H groups in total. The van der Waals surface area contributed by atoms with E-state index >= 15 is 0 Å². The highest BCUT2D eigenvalue weighted by Crippen LogP contribution is 2.53. The van der Waals surface area contributed by atoms with Crippen LogP contribution in [0.15, 0.2) is 31.5 Å². The Morgan fingerprint density at radius 2 is 0.630 bits per heavy atom. The van der Waals surface area contributed by atoms with Crippen LogP contribution in [0.2, 0.25) is 0 Å². The standard InChI is InChI=1S/C45H54O9/c1-43(2,3)37-31-17-24-27(48-12)20-30(51-15)36-39(45(7,8)9)33(54-42(24)36)21-32-38(44(4,5)6)35-29(50-14)19-26(47-11)23(41(35)53-32)16-22-25(46-10)18-28(49-13)34(37)40(22)52-31/h18-20H,16-17,21H2,1-15H3. The van der Waals surface area contributed by atoms with Crippen LogP contribution in [0, 0.1) is 0 Å². The van der Waals surface area contributed by atoms with Crippen LogP contribution in [0.3, 0.4) is 0 Å². The Bertz CT molecular complexity index is 2430. The molecule has 1 aliphatic rings. The maximum absolute atomic E-state index is 7.15. The Kier molecular flexibility index (Phi) is 8.90. The van der Waals surface area contributed by atoms with Crippen molar-refractivity contribution in [1.29, 1.82) is 0 Å². The molecule has 0 saturated heterocycles. The molecule has 7 rings (SSSR count). The van der Waals surface area contributed by atoms with E-state index in [-0.39, 0.29) is 16.2 Å². The van der Waals surface area contributed by atoms with Gasteiger partial charge in [0.05, 0.1) is 65.2 Å². The van der Waals surface area contributed by atoms with Gasteiger partial charge in [-0.2, -0.15) is 0 Å². The normalized spacial score (nSPS) is 13.6. The van der Waals surface area contributed by atoms with E-state index < -0.39 is 0 Å². The molecule has 9 heteroatoms. The van der Waals surface area contributed by atoms with Gasteiger partial charge in [0.2, 0.25) is 0 Å². The number of benzene rings is 3. The number of ether oxygens (including phenoxy) is 6. The molecule has 4 heterocycles. The van der Waals surface area contributed by atoms with Crippen LogP contribution in [0.1, 0.15) is 113 Å². The van der Waals surface area contributed by atoms with E-state index in [4.69, 9.17) is 41.7 Å². The highest BCUT2D eigenvalue weighted by Gasteiger charge is 2.38. The predicted molar refractivity (Wildman–Crippen MR) is 212 cm³/mol. The summed E-state index contributed by atoms with van der Waals surface area (Å²) in [4.78, 5) is 0. The van der Waals surface area contributed by atoms with Crippen molar-refractivity contribution < 1.29 is 41.7 Å². The monoisotopic (exact) mass is 738 g/mol. The summed E-state index contributed by atoms with van der Waals surface area (Å²) in [7, 11) is 10.1. The fourth-order valence-corrected chi connectivity index (χ4v) is 8.72. The van der Waals surface area contributed by atoms with Gasteiger partial charge in [-0.15, -0.1) is 0 Å². The Labute approximate surface area is 317 Å². The van der Waals surface area contributed by atoms with Gasteiger partial charge in [0.1, 0.15) is 68.5 Å². The molecule has 0 unspecified atom stereocenters. The van der Waals surface area contributed by atoms with E-state index in [1.807, 2.05) is 18.2 Å². The predicted octanol–water partition coefficient (Wildman–Crippen LogP) is 11.0. The van der Waals surface area contributed by atoms with Crippen molar-refractivity contribution in [3.05, 3.63) is 68.9 Å². The smallest absolute Gasteiger partial charge is 0.145 e. The van der Waals surface area contributed by atoms with E-state index in [1.54, 1.807) is 42.7 Å². The lowest BCUT2D eigenvalue weighted by molar-refractivity contribution is 0.389. The van der Waals surface area contributed by atoms with Gasteiger partial charge < -0.3 is 41.7 Å². The molecule has 3 aromatic heterocycles. The largest absolute Gasteiger partial charge is 0.496 e. The first-order chi connectivity index (χ1) is 25.4. The topological polar surface area (TPSA) is 94.8 Å². The van der Waals surface area contributed by atoms with Crippen molar-refractivity contribution in [3.8, 4) is 34.5 Å². The van der Waals surface area contributed by atoms with Crippen molar-refractivity contribution >= 4 is 32.9 Å². The van der Waals surface area contributed by atoms with Crippen LogP contribution >= 0.6 is 0 Å². The maximum atomic E-state index is 7.15. The van der Waals surface area contributed by atoms with E-state index in [0.29, 0.717) is 70.5 Å². The van der Waals surface area contributed by atoms with Gasteiger partial charge in [0.25, 0.3) is 0 Å². The minimum absolute atomic E-state index is 0.333. The summed E-state index contributed by atoms with van der Waals surface area (Å²) >= 11 is 0. The Balaban J connectivity index is 1.76. The summed E-state index contributed by atoms with van der Waals surface area (Å²) in [6.45, 7) is 19.8. The second kappa shape index (κ2) is 12.8. The summed E-state index contributed by atoms with van der Waals surface area (Å²) in [5.74, 6) is 6.28. The van der Waals surface area contributed by atoms with Crippen LogP contribution in [-0.2, 0) is 35.5 Å². The summed E-state index contributed by atoms with van der Waals surface area (Å²) < 4.78 is 58.1. The summed E-state index contributed by atoms with van der Waals surface area (Å²) in [6, 6.07) is 5.88. The molecule has 0 saturated carbocycles. The highest BCUT2D eigenvalue weighted by molar-refractivity contribution is 5.98. The van der Waals surface area contributed by atoms with E-state index in [1.165, 1.54) is 0 Å². The van der Waals surface area contributed by atoms with Gasteiger partial charge in [0.15, 0.2) is 0 Å². The Morgan fingerprint density at radius 3 is 0.889 bits per heavy atom. The average molecular weight is 739 g/mol. The highest BCUT2D eigenvalue weighted by atomic mass is 16.5. The number of hydrogen-bond acceptors (Lipinski definition) is 9. The second-order valence-electron chi connectivity index (χ2n) is 17.4. The Hall–Kier alpha value is -4.92. The lowest BCUT2D eigenvalue weighted by Crippen LogP contribution is -2.16. The van der Waals surface area contributed by atoms with Crippen LogP contribution in [-0.4, -0.2) is 42.7 Å². The zero-order chi connectivity index (χ0) is 39.2. The van der Waals surface area contributed by atoms with Gasteiger partial charge in [-0.3, -0.25) is 0 Å². The molecule has 6 aromatic rings. The van der Waals surface area contributed by atoms with Crippen molar-refractivity contribution in [2.45, 2.75) is 97.8 Å². The molecule has 0 radical (unpaired) electrons. The molecule has 6 bridgehead atoms. The van der Waals surface area contributed by atoms with Crippen LogP contribution in [0.5, 0.6) is 34.5 Å². The summed E-state index contributed by atoms with van der Waals surface area (Å²) in [5.41, 5.74) is 6.71. The molecule has 3 aromatic carbocycles. The molecule has 9 nitrogen and oxygen atoms in total. The average Bonchev–Trinajstić information content (AvgIpc) is 3.80. The molecular weight excluding hydrogens is 684 g/mol. The van der Waals surface area contributed by atoms with E-state index in [2.05, 4.69) is 62.3 Å². The number of furan rings is 3. The third-order valence-electron chi connectivity index (χ3n) is 10.8. The van der Waals surface area contributed by atoms with Gasteiger partial charge >= 0.3 is 0 Å². The second-order valence-corrected chi connectivity index (χ2v) is 17.4. The number of methoxy groups -OCH3 is 6. The molecule has 0 amide bonds. The molecule has 0 atom stereocenters. The SMILES string of the molecule is COc1cc(OC)c2c(C(C)(C)C)c3oc2c1Cc1oc2c(c(OC)cc(OC)c2c1C(C)(C)C)Cc1c(OC)cc(OC)c2c(C(C)(C)C)c(oc12)C3. The number of rotatable bonds is 6. The zero-order valence-corrected chi connectivity index (χ0v) is 34.5. The maximum Gasteiger partial charge on any atom is 0.145 e. The zero-order valence-electron chi connectivity index (χ0n) is 34.5. The van der Waals surface area contributed by atoms with Crippen molar-refractivity contribution in [2.75, 3.05) is 42.7 Å². The lowest BCUT2D eigenvalue weighted by Gasteiger charge is -2.23. The quantitative estimate of drug-likeness (QED) is 0.165. The van der Waals surface area contributed by atoms with Gasteiger partial charge in [-0.05, 0) is 16.2 Å². The number of fused-ring (bicyclic) bond motifs is 3. The minimum atomic E-state index is -0.350. The van der Waals surface area contributed by atoms with Gasteiger partial charge in [-0.25, -0.2) is 0 Å². The molecule has 0 spiro atoms. The van der Waals surface area contributed by atoms with Gasteiger partial charge in [0, 0.05) is 64.4 Å². The minimum Gasteiger partial charge on any atom is -0.496 e. The van der Waals surface area contributed by atoms with Crippen molar-refractivity contribution in [1.82, 2.24) is 0 Å². The first-order valence-electron chi connectivity index (χ1n) is 18.5. The molecule has 0 aliphatic carbocycles. The number of hydrogen-bond donors (Lipinski definition) is 0. The molecule has 1 aliphatic heterocycles. The first-order valence-corrected chi connectivity index (χ1v) is 18.5. The lowest BCUT2D eigenvalue weighted by atomic mass is 9.80. The van der Waals surface area contributed by atoms with E-state index in [9.17, 15) is 0 Å². The molecule has 0 fully saturated rings. The summed E-state index contributed by atoms with van der Waals surface area (Å²) in [6.07, 6.45) is 1.17. The fraction of sp³-hybridized carbons (Fsp3) is 0.467. The first kappa shape index (κ1) is 37.4. The van der Waals surface area contributed by atoms with Crippen LogP contribution in [0.25, 0.3) is 32.9 Å². The summed E-state index contributed by atoms with van der Waals surface area (Å²) in [5, 5.41) is 2.70. The molecule has 288 valence electrons. The molecule has 54 heavy (non-hydrogen) atoms. The van der Waals surface area contributed by atoms with Gasteiger partial charge in [-0.1, -0.05) is 62.3 Å². The Morgan fingerprint density at radius 1 is 0.370 bits per heavy atom. The third-order valence-corrected chi connectivity index (χ3v) is 10.8. The van der Waals surface area contributed by atoms with E-state index in [0.717, 1.165) is 66.8 Å². The van der Waals surface area contributed by atoms with Crippen molar-refractivity contribution in [3.63, 3.8) is 0 Å².